The van der Waals surface area contributed by atoms with E-state index in [0.29, 0.717) is 31.3 Å². The van der Waals surface area contributed by atoms with Gasteiger partial charge in [-0.25, -0.2) is 0 Å². The molecule has 3 aromatic carbocycles. The lowest BCUT2D eigenvalue weighted by Gasteiger charge is -2.20. The number of pyridine rings is 1. The van der Waals surface area contributed by atoms with Crippen LogP contribution >= 0.6 is 0 Å². The van der Waals surface area contributed by atoms with Crippen LogP contribution < -0.4 is 30.6 Å². The molecule has 4 N–H and O–H groups in total. The Bertz CT molecular complexity index is 1450. The molecule has 1 amide bonds. The van der Waals surface area contributed by atoms with Crippen molar-refractivity contribution in [2.24, 2.45) is 5.73 Å². The van der Waals surface area contributed by atoms with Crippen LogP contribution in [0.5, 0.6) is 17.2 Å². The first-order valence-electron chi connectivity index (χ1n) is 13.7. The van der Waals surface area contributed by atoms with Crippen LogP contribution in [0.2, 0.25) is 0 Å². The standard InChI is InChI=1S/C32H38N4O4/c1-5-25-22(19-34-18-21-11-13-24(38-4)14-12-21)9-8-10-27(25)36-32-23(15-31(33)37)20-35-28-17-30(40-7-3)29(39-6-2)16-26(28)32/h8-14,16-17,20,34H,5-7,15,18-19H2,1-4H3,(H2,33,37)(H,35,36). The number of rotatable bonds is 14. The Balaban J connectivity index is 1.68. The SMILES string of the molecule is CCOc1cc2ncc(CC(N)=O)c(Nc3cccc(CNCc4ccc(OC)cc4)c3CC)c2cc1OCC. The fourth-order valence-corrected chi connectivity index (χ4v) is 4.80. The van der Waals surface area contributed by atoms with Gasteiger partial charge in [0.2, 0.25) is 5.91 Å². The molecule has 210 valence electrons. The van der Waals surface area contributed by atoms with E-state index in [1.807, 2.05) is 44.2 Å². The predicted molar refractivity (Wildman–Crippen MR) is 160 cm³/mol. The quantitative estimate of drug-likeness (QED) is 0.189. The van der Waals surface area contributed by atoms with Crippen molar-refractivity contribution in [2.45, 2.75) is 46.7 Å². The fraction of sp³-hybridized carbons (Fsp3) is 0.312. The molecular weight excluding hydrogens is 504 g/mol. The van der Waals surface area contributed by atoms with E-state index in [9.17, 15) is 4.79 Å². The Hall–Kier alpha value is -4.30. The molecule has 0 spiro atoms. The minimum absolute atomic E-state index is 0.0625. The van der Waals surface area contributed by atoms with Gasteiger partial charge >= 0.3 is 0 Å². The maximum absolute atomic E-state index is 12.0. The number of nitrogens with one attached hydrogen (secondary N) is 2. The van der Waals surface area contributed by atoms with Gasteiger partial charge < -0.3 is 30.6 Å². The van der Waals surface area contributed by atoms with E-state index in [-0.39, 0.29) is 6.42 Å². The molecule has 0 bridgehead atoms. The lowest BCUT2D eigenvalue weighted by atomic mass is 10.0. The predicted octanol–water partition coefficient (Wildman–Crippen LogP) is 5.66. The van der Waals surface area contributed by atoms with Crippen LogP contribution in [-0.2, 0) is 30.7 Å². The van der Waals surface area contributed by atoms with Crippen molar-refractivity contribution in [2.75, 3.05) is 25.6 Å². The lowest BCUT2D eigenvalue weighted by Crippen LogP contribution is -2.16. The first-order chi connectivity index (χ1) is 19.5. The Morgan fingerprint density at radius 2 is 1.65 bits per heavy atom. The van der Waals surface area contributed by atoms with Gasteiger partial charge in [-0.2, -0.15) is 0 Å². The summed E-state index contributed by atoms with van der Waals surface area (Å²) in [6.45, 7) is 8.46. The number of hydrogen-bond acceptors (Lipinski definition) is 7. The number of carbonyl (C=O) groups excluding carboxylic acids is 1. The third kappa shape index (κ3) is 6.82. The Kier molecular flexibility index (Phi) is 9.81. The van der Waals surface area contributed by atoms with Gasteiger partial charge in [0, 0.05) is 42.0 Å². The Labute approximate surface area is 235 Å². The molecule has 0 aliphatic rings. The van der Waals surface area contributed by atoms with Crippen molar-refractivity contribution in [1.82, 2.24) is 10.3 Å². The van der Waals surface area contributed by atoms with Crippen molar-refractivity contribution in [3.05, 3.63) is 83.0 Å². The Morgan fingerprint density at radius 1 is 0.925 bits per heavy atom. The smallest absolute Gasteiger partial charge is 0.221 e. The summed E-state index contributed by atoms with van der Waals surface area (Å²) < 4.78 is 17.0. The van der Waals surface area contributed by atoms with Gasteiger partial charge in [-0.3, -0.25) is 9.78 Å². The molecule has 8 heteroatoms. The summed E-state index contributed by atoms with van der Waals surface area (Å²) in [7, 11) is 1.67. The molecular formula is C32H38N4O4. The highest BCUT2D eigenvalue weighted by Gasteiger charge is 2.17. The topological polar surface area (TPSA) is 108 Å². The molecule has 8 nitrogen and oxygen atoms in total. The molecule has 0 unspecified atom stereocenters. The van der Waals surface area contributed by atoms with Gasteiger partial charge in [-0.1, -0.05) is 31.2 Å². The number of nitrogens with zero attached hydrogens (tertiary/aromatic N) is 1. The molecule has 0 aliphatic heterocycles. The molecule has 0 fully saturated rings. The number of nitrogens with two attached hydrogens (primary N) is 1. The summed E-state index contributed by atoms with van der Waals surface area (Å²) in [4.78, 5) is 16.6. The third-order valence-corrected chi connectivity index (χ3v) is 6.67. The maximum Gasteiger partial charge on any atom is 0.221 e. The van der Waals surface area contributed by atoms with Gasteiger partial charge in [0.05, 0.1) is 37.9 Å². The number of aromatic nitrogens is 1. The van der Waals surface area contributed by atoms with Crippen LogP contribution in [0.15, 0.2) is 60.8 Å². The monoisotopic (exact) mass is 542 g/mol. The largest absolute Gasteiger partial charge is 0.497 e. The van der Waals surface area contributed by atoms with Crippen LogP contribution in [0.4, 0.5) is 11.4 Å². The molecule has 0 saturated carbocycles. The summed E-state index contributed by atoms with van der Waals surface area (Å²) in [6.07, 6.45) is 2.60. The zero-order valence-corrected chi connectivity index (χ0v) is 23.7. The number of benzene rings is 3. The first-order valence-corrected chi connectivity index (χ1v) is 13.7. The van der Waals surface area contributed by atoms with Crippen LogP contribution in [-0.4, -0.2) is 31.2 Å². The number of methoxy groups -OCH3 is 1. The van der Waals surface area contributed by atoms with E-state index in [0.717, 1.165) is 46.6 Å². The van der Waals surface area contributed by atoms with Crippen molar-refractivity contribution in [3.63, 3.8) is 0 Å². The van der Waals surface area contributed by atoms with Crippen LogP contribution in [0.1, 0.15) is 43.0 Å². The zero-order valence-electron chi connectivity index (χ0n) is 23.7. The van der Waals surface area contributed by atoms with Gasteiger partial charge in [-0.05, 0) is 61.2 Å². The molecule has 0 atom stereocenters. The van der Waals surface area contributed by atoms with Crippen molar-refractivity contribution < 1.29 is 19.0 Å². The van der Waals surface area contributed by atoms with Gasteiger partial charge in [0.1, 0.15) is 5.75 Å². The molecule has 1 heterocycles. The van der Waals surface area contributed by atoms with Crippen molar-refractivity contribution in [1.29, 1.82) is 0 Å². The minimum atomic E-state index is -0.424. The molecule has 0 aliphatic carbocycles. The molecule has 4 aromatic rings. The number of carbonyl (C=O) groups is 1. The lowest BCUT2D eigenvalue weighted by molar-refractivity contribution is -0.117. The van der Waals surface area contributed by atoms with E-state index in [1.54, 1.807) is 13.3 Å². The Morgan fingerprint density at radius 3 is 2.30 bits per heavy atom. The van der Waals surface area contributed by atoms with Crippen LogP contribution in [0.25, 0.3) is 10.9 Å². The summed E-state index contributed by atoms with van der Waals surface area (Å²) >= 11 is 0. The van der Waals surface area contributed by atoms with E-state index >= 15 is 0 Å². The average Bonchev–Trinajstić information content (AvgIpc) is 2.95. The van der Waals surface area contributed by atoms with Gasteiger partial charge in [0.25, 0.3) is 0 Å². The summed E-state index contributed by atoms with van der Waals surface area (Å²) in [5.74, 6) is 1.69. The molecule has 0 saturated heterocycles. The van der Waals surface area contributed by atoms with Crippen molar-refractivity contribution in [3.8, 4) is 17.2 Å². The highest BCUT2D eigenvalue weighted by atomic mass is 16.5. The highest BCUT2D eigenvalue weighted by Crippen LogP contribution is 2.38. The van der Waals surface area contributed by atoms with Gasteiger partial charge in [-0.15, -0.1) is 0 Å². The van der Waals surface area contributed by atoms with E-state index in [4.69, 9.17) is 19.9 Å². The van der Waals surface area contributed by atoms with Crippen LogP contribution in [0.3, 0.4) is 0 Å². The zero-order chi connectivity index (χ0) is 28.5. The second-order valence-corrected chi connectivity index (χ2v) is 9.36. The van der Waals surface area contributed by atoms with E-state index in [2.05, 4.69) is 46.8 Å². The molecule has 40 heavy (non-hydrogen) atoms. The second-order valence-electron chi connectivity index (χ2n) is 9.36. The highest BCUT2D eigenvalue weighted by molar-refractivity contribution is 5.98. The molecule has 0 radical (unpaired) electrons. The van der Waals surface area contributed by atoms with E-state index < -0.39 is 5.91 Å². The van der Waals surface area contributed by atoms with E-state index in [1.165, 1.54) is 16.7 Å². The number of hydrogen-bond donors (Lipinski definition) is 3. The first kappa shape index (κ1) is 28.7. The average molecular weight is 543 g/mol. The number of amides is 1. The summed E-state index contributed by atoms with van der Waals surface area (Å²) in [5, 5.41) is 8.02. The number of fused-ring (bicyclic) bond motifs is 1. The third-order valence-electron chi connectivity index (χ3n) is 6.67. The minimum Gasteiger partial charge on any atom is -0.497 e. The molecule has 4 rings (SSSR count). The second kappa shape index (κ2) is 13.7. The number of primary amides is 1. The maximum atomic E-state index is 12.0. The van der Waals surface area contributed by atoms with Crippen molar-refractivity contribution >= 4 is 28.2 Å². The number of anilines is 2. The summed E-state index contributed by atoms with van der Waals surface area (Å²) in [6, 6.07) is 18.1. The van der Waals surface area contributed by atoms with Crippen LogP contribution in [0, 0.1) is 0 Å². The number of ether oxygens (including phenoxy) is 3. The fourth-order valence-electron chi connectivity index (χ4n) is 4.80. The molecule has 1 aromatic heterocycles. The van der Waals surface area contributed by atoms with Gasteiger partial charge in [0.15, 0.2) is 11.5 Å². The summed E-state index contributed by atoms with van der Waals surface area (Å²) in [5.41, 5.74) is 12.4. The normalized spacial score (nSPS) is 10.9.